The van der Waals surface area contributed by atoms with Crippen molar-refractivity contribution < 1.29 is 0 Å². The summed E-state index contributed by atoms with van der Waals surface area (Å²) in [7, 11) is 0. The summed E-state index contributed by atoms with van der Waals surface area (Å²) in [6, 6.07) is 27.6. The maximum absolute atomic E-state index is 6.83. The van der Waals surface area contributed by atoms with Gasteiger partial charge in [-0.3, -0.25) is 0 Å². The highest BCUT2D eigenvalue weighted by molar-refractivity contribution is 9.09. The quantitative estimate of drug-likeness (QED) is 0.190. The van der Waals surface area contributed by atoms with Gasteiger partial charge in [0.1, 0.15) is 0 Å². The smallest absolute Gasteiger partial charge is 0.163 e. The lowest BCUT2D eigenvalue weighted by molar-refractivity contribution is 0.274. The molecule has 0 spiro atoms. The number of fused-ring (bicyclic) bond motifs is 3. The van der Waals surface area contributed by atoms with Crippen LogP contribution in [0, 0.1) is 0 Å². The molecular weight excluding hydrogens is 480 g/mol. The SMILES string of the molecule is CCCCN1C=Cc2c(n(Cc3ccccc3)c3ccccc23)C1(Br)c1ccccc1Cl. The van der Waals surface area contributed by atoms with E-state index in [1.54, 1.807) is 0 Å². The van der Waals surface area contributed by atoms with Crippen molar-refractivity contribution in [1.82, 2.24) is 9.47 Å². The molecule has 0 radical (unpaired) electrons. The molecule has 1 unspecified atom stereocenters. The van der Waals surface area contributed by atoms with Gasteiger partial charge in [-0.15, -0.1) is 0 Å². The zero-order valence-electron chi connectivity index (χ0n) is 18.1. The molecule has 1 atom stereocenters. The van der Waals surface area contributed by atoms with Gasteiger partial charge in [0.2, 0.25) is 0 Å². The molecule has 2 heterocycles. The Bertz CT molecular complexity index is 1280. The Hall–Kier alpha value is -2.49. The third kappa shape index (κ3) is 3.48. The Labute approximate surface area is 203 Å². The minimum Gasteiger partial charge on any atom is -0.354 e. The Morgan fingerprint density at radius 2 is 1.62 bits per heavy atom. The first-order valence-corrected chi connectivity index (χ1v) is 12.4. The molecule has 1 aromatic heterocycles. The van der Waals surface area contributed by atoms with Crippen LogP contribution >= 0.6 is 27.5 Å². The van der Waals surface area contributed by atoms with Crippen molar-refractivity contribution in [2.45, 2.75) is 30.8 Å². The Balaban J connectivity index is 1.81. The normalized spacial score (nSPS) is 17.7. The Morgan fingerprint density at radius 3 is 2.41 bits per heavy atom. The fourth-order valence-electron chi connectivity index (χ4n) is 4.76. The lowest BCUT2D eigenvalue weighted by atomic mass is 9.94. The maximum Gasteiger partial charge on any atom is 0.163 e. The van der Waals surface area contributed by atoms with Crippen LogP contribution in [0.1, 0.15) is 42.1 Å². The number of nitrogens with zero attached hydrogens (tertiary/aromatic N) is 2. The fraction of sp³-hybridized carbons (Fsp3) is 0.214. The zero-order valence-corrected chi connectivity index (χ0v) is 20.5. The van der Waals surface area contributed by atoms with Crippen molar-refractivity contribution in [3.8, 4) is 0 Å². The fourth-order valence-corrected chi connectivity index (χ4v) is 6.21. The van der Waals surface area contributed by atoms with E-state index in [0.29, 0.717) is 0 Å². The number of para-hydroxylation sites is 1. The predicted octanol–water partition coefficient (Wildman–Crippen LogP) is 8.03. The van der Waals surface area contributed by atoms with Crippen molar-refractivity contribution in [3.05, 3.63) is 112 Å². The van der Waals surface area contributed by atoms with E-state index in [0.717, 1.165) is 36.5 Å². The first kappa shape index (κ1) is 21.4. The first-order chi connectivity index (χ1) is 15.6. The van der Waals surface area contributed by atoms with Gasteiger partial charge >= 0.3 is 0 Å². The highest BCUT2D eigenvalue weighted by Gasteiger charge is 2.44. The van der Waals surface area contributed by atoms with E-state index in [1.165, 1.54) is 27.7 Å². The van der Waals surface area contributed by atoms with Crippen molar-refractivity contribution in [1.29, 1.82) is 0 Å². The van der Waals surface area contributed by atoms with Gasteiger partial charge in [0.25, 0.3) is 0 Å². The third-order valence-electron chi connectivity index (χ3n) is 6.31. The molecule has 1 aliphatic rings. The van der Waals surface area contributed by atoms with Crippen LogP contribution in [0.5, 0.6) is 0 Å². The number of hydrogen-bond donors (Lipinski definition) is 0. The minimum absolute atomic E-state index is 0.557. The van der Waals surface area contributed by atoms with Gasteiger partial charge in [-0.2, -0.15) is 0 Å². The molecule has 162 valence electrons. The molecule has 0 fully saturated rings. The lowest BCUT2D eigenvalue weighted by Gasteiger charge is -2.43. The predicted molar refractivity (Wildman–Crippen MR) is 139 cm³/mol. The number of aromatic nitrogens is 1. The number of alkyl halides is 1. The maximum atomic E-state index is 6.83. The molecular formula is C28H26BrClN2. The van der Waals surface area contributed by atoms with Crippen LogP contribution in [0.25, 0.3) is 17.0 Å². The first-order valence-electron chi connectivity index (χ1n) is 11.2. The molecule has 0 bridgehead atoms. The van der Waals surface area contributed by atoms with Crippen molar-refractivity contribution in [2.75, 3.05) is 6.54 Å². The molecule has 2 nitrogen and oxygen atoms in total. The van der Waals surface area contributed by atoms with Crippen LogP contribution in [0.4, 0.5) is 0 Å². The largest absolute Gasteiger partial charge is 0.354 e. The van der Waals surface area contributed by atoms with Crippen LogP contribution in [0.15, 0.2) is 85.1 Å². The summed E-state index contributed by atoms with van der Waals surface area (Å²) in [6.45, 7) is 3.97. The van der Waals surface area contributed by atoms with E-state index < -0.39 is 4.45 Å². The van der Waals surface area contributed by atoms with Gasteiger partial charge in [-0.05, 0) is 46.1 Å². The summed E-state index contributed by atoms with van der Waals surface area (Å²) in [6.07, 6.45) is 6.74. The molecule has 0 N–H and O–H groups in total. The lowest BCUT2D eigenvalue weighted by Crippen LogP contribution is -2.43. The number of hydrogen-bond acceptors (Lipinski definition) is 1. The van der Waals surface area contributed by atoms with Crippen molar-refractivity contribution in [2.24, 2.45) is 0 Å². The van der Waals surface area contributed by atoms with Crippen molar-refractivity contribution >= 4 is 44.5 Å². The van der Waals surface area contributed by atoms with Crippen LogP contribution in [-0.4, -0.2) is 16.0 Å². The molecule has 0 saturated heterocycles. The van der Waals surface area contributed by atoms with Gasteiger partial charge in [-0.1, -0.05) is 91.7 Å². The molecule has 0 amide bonds. The molecule has 1 aliphatic heterocycles. The van der Waals surface area contributed by atoms with Gasteiger partial charge in [0.05, 0.1) is 5.69 Å². The summed E-state index contributed by atoms with van der Waals surface area (Å²) in [5.74, 6) is 0. The highest BCUT2D eigenvalue weighted by atomic mass is 79.9. The number of benzene rings is 3. The van der Waals surface area contributed by atoms with Gasteiger partial charge < -0.3 is 9.47 Å². The van der Waals surface area contributed by atoms with Crippen molar-refractivity contribution in [3.63, 3.8) is 0 Å². The van der Waals surface area contributed by atoms with Crippen LogP contribution in [-0.2, 0) is 11.0 Å². The molecule has 4 aromatic rings. The van der Waals surface area contributed by atoms with E-state index in [-0.39, 0.29) is 0 Å². The van der Waals surface area contributed by atoms with Gasteiger partial charge in [0, 0.05) is 46.3 Å². The summed E-state index contributed by atoms with van der Waals surface area (Å²) >= 11 is 11.1. The third-order valence-corrected chi connectivity index (χ3v) is 7.90. The van der Waals surface area contributed by atoms with E-state index in [4.69, 9.17) is 11.6 Å². The molecule has 32 heavy (non-hydrogen) atoms. The number of unbranched alkanes of at least 4 members (excludes halogenated alkanes) is 1. The monoisotopic (exact) mass is 504 g/mol. The standard InChI is InChI=1S/C28H26BrClN2/c1-2-3-18-31-19-17-23-22-13-7-10-16-26(22)32(20-21-11-5-4-6-12-21)27(23)28(31,29)24-14-8-9-15-25(24)30/h4-17,19H,2-3,18,20H2,1H3. The number of rotatable bonds is 6. The second-order valence-electron chi connectivity index (χ2n) is 8.32. The second kappa shape index (κ2) is 8.80. The average molecular weight is 506 g/mol. The average Bonchev–Trinajstić information content (AvgIpc) is 3.14. The molecule has 0 saturated carbocycles. The highest BCUT2D eigenvalue weighted by Crippen LogP contribution is 2.51. The van der Waals surface area contributed by atoms with Crippen LogP contribution < -0.4 is 0 Å². The molecule has 3 aromatic carbocycles. The number of halogens is 2. The van der Waals surface area contributed by atoms with E-state index in [9.17, 15) is 0 Å². The summed E-state index contributed by atoms with van der Waals surface area (Å²) in [5, 5.41) is 2.03. The summed E-state index contributed by atoms with van der Waals surface area (Å²) in [4.78, 5) is 2.40. The van der Waals surface area contributed by atoms with E-state index >= 15 is 0 Å². The molecule has 5 rings (SSSR count). The Morgan fingerprint density at radius 1 is 0.906 bits per heavy atom. The summed E-state index contributed by atoms with van der Waals surface area (Å²) in [5.41, 5.74) is 6.06. The molecule has 4 heteroatoms. The van der Waals surface area contributed by atoms with E-state index in [2.05, 4.69) is 111 Å². The van der Waals surface area contributed by atoms with Gasteiger partial charge in [0.15, 0.2) is 4.45 Å². The topological polar surface area (TPSA) is 8.17 Å². The van der Waals surface area contributed by atoms with Crippen LogP contribution in [0.2, 0.25) is 5.02 Å². The molecule has 0 aliphatic carbocycles. The van der Waals surface area contributed by atoms with E-state index in [1.807, 2.05) is 12.1 Å². The second-order valence-corrected chi connectivity index (χ2v) is 9.87. The Kier molecular flexibility index (Phi) is 5.88. The zero-order chi connectivity index (χ0) is 22.1. The minimum atomic E-state index is -0.557. The van der Waals surface area contributed by atoms with Gasteiger partial charge in [-0.25, -0.2) is 0 Å². The van der Waals surface area contributed by atoms with Crippen LogP contribution in [0.3, 0.4) is 0 Å². The summed E-state index contributed by atoms with van der Waals surface area (Å²) < 4.78 is 1.90.